The number of urea groups is 1. The highest BCUT2D eigenvalue weighted by atomic mass is 35.5. The van der Waals surface area contributed by atoms with E-state index in [1.165, 1.54) is 0 Å². The van der Waals surface area contributed by atoms with Gasteiger partial charge in [-0.15, -0.1) is 0 Å². The van der Waals surface area contributed by atoms with Crippen molar-refractivity contribution in [2.75, 3.05) is 6.54 Å². The molecule has 0 unspecified atom stereocenters. The van der Waals surface area contributed by atoms with Crippen molar-refractivity contribution in [2.24, 2.45) is 0 Å². The summed E-state index contributed by atoms with van der Waals surface area (Å²) in [6.07, 6.45) is 0. The topological polar surface area (TPSA) is 86.8 Å². The first-order valence-corrected chi connectivity index (χ1v) is 9.00. The van der Waals surface area contributed by atoms with Gasteiger partial charge in [0.2, 0.25) is 5.91 Å². The lowest BCUT2D eigenvalue weighted by Crippen LogP contribution is -2.42. The quantitative estimate of drug-likeness (QED) is 0.597. The van der Waals surface area contributed by atoms with Crippen molar-refractivity contribution in [1.29, 1.82) is 0 Å². The zero-order chi connectivity index (χ0) is 20.3. The van der Waals surface area contributed by atoms with Crippen LogP contribution in [0.15, 0.2) is 54.6 Å². The highest BCUT2D eigenvalue weighted by Gasteiger charge is 2.45. The summed E-state index contributed by atoms with van der Waals surface area (Å²) in [5.41, 5.74) is 1.49. The number of rotatable bonds is 6. The molecule has 3 rings (SSSR count). The van der Waals surface area contributed by atoms with E-state index < -0.39 is 30.3 Å². The Kier molecular flexibility index (Phi) is 5.75. The Morgan fingerprint density at radius 1 is 1.00 bits per heavy atom. The van der Waals surface area contributed by atoms with Gasteiger partial charge in [-0.3, -0.25) is 19.3 Å². The molecule has 1 N–H and O–H groups in total. The van der Waals surface area contributed by atoms with Gasteiger partial charge in [0.15, 0.2) is 0 Å². The standard InChI is InChI=1S/C20H18ClN3O4/c1-13(15-8-5-9-16(21)10-15)22-17(25)12-24-19(27)18(26)23(20(24)28)11-14-6-3-2-4-7-14/h2-10,13H,11-12H2,1H3,(H,22,25)/t13-/m0/s1. The molecule has 8 heteroatoms. The number of hydrogen-bond acceptors (Lipinski definition) is 4. The molecular formula is C20H18ClN3O4. The summed E-state index contributed by atoms with van der Waals surface area (Å²) in [5.74, 6) is -2.50. The number of imide groups is 2. The van der Waals surface area contributed by atoms with E-state index in [2.05, 4.69) is 5.32 Å². The average Bonchev–Trinajstić information content (AvgIpc) is 2.87. The SMILES string of the molecule is C[C@H](NC(=O)CN1C(=O)C(=O)N(Cc2ccccc2)C1=O)c1cccc(Cl)c1. The zero-order valence-corrected chi connectivity index (χ0v) is 15.8. The Labute approximate surface area is 166 Å². The fourth-order valence-electron chi connectivity index (χ4n) is 2.89. The van der Waals surface area contributed by atoms with Crippen LogP contribution >= 0.6 is 11.6 Å². The lowest BCUT2D eigenvalue weighted by molar-refractivity contribution is -0.144. The molecule has 2 aromatic carbocycles. The molecule has 1 atom stereocenters. The van der Waals surface area contributed by atoms with Gasteiger partial charge in [-0.25, -0.2) is 9.69 Å². The fourth-order valence-corrected chi connectivity index (χ4v) is 3.08. The van der Waals surface area contributed by atoms with E-state index in [-0.39, 0.29) is 12.6 Å². The van der Waals surface area contributed by atoms with E-state index in [1.807, 2.05) is 0 Å². The van der Waals surface area contributed by atoms with E-state index in [9.17, 15) is 19.2 Å². The fraction of sp³-hybridized carbons (Fsp3) is 0.200. The van der Waals surface area contributed by atoms with Gasteiger partial charge in [0.05, 0.1) is 12.6 Å². The maximum Gasteiger partial charge on any atom is 0.335 e. The van der Waals surface area contributed by atoms with Gasteiger partial charge in [-0.1, -0.05) is 54.1 Å². The molecule has 0 radical (unpaired) electrons. The Balaban J connectivity index is 1.64. The van der Waals surface area contributed by atoms with Gasteiger partial charge in [0.25, 0.3) is 0 Å². The maximum atomic E-state index is 12.5. The van der Waals surface area contributed by atoms with Crippen LogP contribution in [0.3, 0.4) is 0 Å². The van der Waals surface area contributed by atoms with Crippen LogP contribution in [-0.4, -0.2) is 40.1 Å². The van der Waals surface area contributed by atoms with Crippen LogP contribution < -0.4 is 5.32 Å². The van der Waals surface area contributed by atoms with Crippen LogP contribution in [0.4, 0.5) is 4.79 Å². The third-order valence-electron chi connectivity index (χ3n) is 4.35. The minimum atomic E-state index is -1.01. The lowest BCUT2D eigenvalue weighted by atomic mass is 10.1. The van der Waals surface area contributed by atoms with Gasteiger partial charge in [-0.05, 0) is 30.2 Å². The molecule has 28 heavy (non-hydrogen) atoms. The molecule has 7 nitrogen and oxygen atoms in total. The van der Waals surface area contributed by atoms with Gasteiger partial charge in [-0.2, -0.15) is 0 Å². The normalized spacial score (nSPS) is 15.1. The second-order valence-corrected chi connectivity index (χ2v) is 6.83. The van der Waals surface area contributed by atoms with E-state index in [4.69, 9.17) is 11.6 Å². The minimum Gasteiger partial charge on any atom is -0.348 e. The van der Waals surface area contributed by atoms with Gasteiger partial charge in [0, 0.05) is 5.02 Å². The first-order chi connectivity index (χ1) is 13.4. The summed E-state index contributed by atoms with van der Waals surface area (Å²) in [6.45, 7) is 1.20. The van der Waals surface area contributed by atoms with Crippen LogP contribution in [0.2, 0.25) is 5.02 Å². The molecule has 1 fully saturated rings. The third kappa shape index (κ3) is 4.20. The molecule has 1 heterocycles. The lowest BCUT2D eigenvalue weighted by Gasteiger charge is -2.18. The summed E-state index contributed by atoms with van der Waals surface area (Å²) in [4.78, 5) is 50.6. The average molecular weight is 400 g/mol. The predicted octanol–water partition coefficient (Wildman–Crippen LogP) is 2.51. The second kappa shape index (κ2) is 8.22. The summed E-state index contributed by atoms with van der Waals surface area (Å²) in [6, 6.07) is 14.6. The molecule has 2 aromatic rings. The molecule has 1 aliphatic heterocycles. The molecule has 1 saturated heterocycles. The molecule has 0 saturated carbocycles. The molecule has 0 spiro atoms. The van der Waals surface area contributed by atoms with E-state index in [1.54, 1.807) is 61.5 Å². The van der Waals surface area contributed by atoms with E-state index >= 15 is 0 Å². The number of amides is 5. The number of halogens is 1. The summed E-state index contributed by atoms with van der Waals surface area (Å²) in [7, 11) is 0. The first-order valence-electron chi connectivity index (χ1n) is 8.63. The van der Waals surface area contributed by atoms with Crippen molar-refractivity contribution in [2.45, 2.75) is 19.5 Å². The molecule has 0 aliphatic carbocycles. The number of nitrogens with one attached hydrogen (secondary N) is 1. The van der Waals surface area contributed by atoms with Crippen molar-refractivity contribution < 1.29 is 19.2 Å². The maximum absolute atomic E-state index is 12.5. The molecule has 0 aromatic heterocycles. The van der Waals surface area contributed by atoms with Crippen molar-refractivity contribution in [3.8, 4) is 0 Å². The van der Waals surface area contributed by atoms with Crippen LogP contribution in [0.1, 0.15) is 24.1 Å². The highest BCUT2D eigenvalue weighted by molar-refractivity contribution is 6.44. The van der Waals surface area contributed by atoms with Gasteiger partial charge < -0.3 is 5.32 Å². The largest absolute Gasteiger partial charge is 0.348 e. The summed E-state index contributed by atoms with van der Waals surface area (Å²) >= 11 is 5.95. The molecule has 1 aliphatic rings. The number of carbonyl (C=O) groups excluding carboxylic acids is 4. The molecule has 0 bridgehead atoms. The van der Waals surface area contributed by atoms with Crippen molar-refractivity contribution in [1.82, 2.24) is 15.1 Å². The van der Waals surface area contributed by atoms with Crippen LogP contribution in [0.25, 0.3) is 0 Å². The second-order valence-electron chi connectivity index (χ2n) is 6.39. The highest BCUT2D eigenvalue weighted by Crippen LogP contribution is 2.18. The minimum absolute atomic E-state index is 0.0265. The van der Waals surface area contributed by atoms with Gasteiger partial charge >= 0.3 is 17.8 Å². The van der Waals surface area contributed by atoms with Crippen molar-refractivity contribution in [3.63, 3.8) is 0 Å². The molecule has 144 valence electrons. The Morgan fingerprint density at radius 3 is 2.36 bits per heavy atom. The molecular weight excluding hydrogens is 382 g/mol. The number of benzene rings is 2. The third-order valence-corrected chi connectivity index (χ3v) is 4.58. The number of carbonyl (C=O) groups is 4. The van der Waals surface area contributed by atoms with E-state index in [0.29, 0.717) is 15.5 Å². The Hall–Kier alpha value is -3.19. The molecule has 5 amide bonds. The predicted molar refractivity (Wildman–Crippen MR) is 102 cm³/mol. The van der Waals surface area contributed by atoms with Gasteiger partial charge in [0.1, 0.15) is 6.54 Å². The Bertz CT molecular complexity index is 932. The summed E-state index contributed by atoms with van der Waals surface area (Å²) in [5, 5.41) is 3.23. The van der Waals surface area contributed by atoms with Crippen LogP contribution in [0, 0.1) is 0 Å². The van der Waals surface area contributed by atoms with E-state index in [0.717, 1.165) is 10.5 Å². The summed E-state index contributed by atoms with van der Waals surface area (Å²) < 4.78 is 0. The smallest absolute Gasteiger partial charge is 0.335 e. The number of nitrogens with zero attached hydrogens (tertiary/aromatic N) is 2. The van der Waals surface area contributed by atoms with Crippen LogP contribution in [0.5, 0.6) is 0 Å². The van der Waals surface area contributed by atoms with Crippen molar-refractivity contribution >= 4 is 35.4 Å². The zero-order valence-electron chi connectivity index (χ0n) is 15.1. The monoisotopic (exact) mass is 399 g/mol. The van der Waals surface area contributed by atoms with Crippen molar-refractivity contribution in [3.05, 3.63) is 70.7 Å². The first kappa shape index (κ1) is 19.6. The Morgan fingerprint density at radius 2 is 1.68 bits per heavy atom. The van der Waals surface area contributed by atoms with Crippen LogP contribution in [-0.2, 0) is 20.9 Å². The number of hydrogen-bond donors (Lipinski definition) is 1.